The third kappa shape index (κ3) is 3.36. The summed E-state index contributed by atoms with van der Waals surface area (Å²) in [7, 11) is 1.36. The van der Waals surface area contributed by atoms with Crippen LogP contribution in [0.1, 0.15) is 11.1 Å². The summed E-state index contributed by atoms with van der Waals surface area (Å²) in [4.78, 5) is 23.4. The summed E-state index contributed by atoms with van der Waals surface area (Å²) in [6, 6.07) is 11.0. The molecule has 2 aromatic rings. The van der Waals surface area contributed by atoms with E-state index in [9.17, 15) is 9.59 Å². The third-order valence-corrected chi connectivity index (χ3v) is 3.60. The summed E-state index contributed by atoms with van der Waals surface area (Å²) < 4.78 is 6.80. The molecule has 2 rings (SSSR count). The number of rotatable bonds is 4. The Morgan fingerprint density at radius 3 is 2.60 bits per heavy atom. The summed E-state index contributed by atoms with van der Waals surface area (Å²) in [6.07, 6.45) is 1.93. The van der Waals surface area contributed by atoms with E-state index in [1.807, 2.05) is 24.3 Å². The molecule has 104 valence electrons. The maximum absolute atomic E-state index is 12.0. The number of halogens is 1. The number of esters is 1. The van der Waals surface area contributed by atoms with Crippen LogP contribution in [0.3, 0.4) is 0 Å². The summed E-state index contributed by atoms with van der Waals surface area (Å²) in [5, 5.41) is 0. The summed E-state index contributed by atoms with van der Waals surface area (Å²) in [6.45, 7) is 0.422. The van der Waals surface area contributed by atoms with E-state index >= 15 is 0 Å². The molecule has 1 aromatic carbocycles. The van der Waals surface area contributed by atoms with Gasteiger partial charge in [0, 0.05) is 6.20 Å². The van der Waals surface area contributed by atoms with E-state index in [0.29, 0.717) is 11.0 Å². The molecule has 0 atom stereocenters. The van der Waals surface area contributed by atoms with Crippen molar-refractivity contribution >= 4 is 21.9 Å². The zero-order valence-electron chi connectivity index (χ0n) is 11.0. The van der Waals surface area contributed by atoms with Crippen LogP contribution in [0.25, 0.3) is 0 Å². The average Bonchev–Trinajstić information content (AvgIpc) is 2.45. The number of carbonyl (C=O) groups excluding carboxylic acids is 1. The van der Waals surface area contributed by atoms with Gasteiger partial charge in [-0.15, -0.1) is 0 Å². The van der Waals surface area contributed by atoms with Crippen molar-refractivity contribution in [2.24, 2.45) is 0 Å². The first-order valence-corrected chi connectivity index (χ1v) is 6.89. The van der Waals surface area contributed by atoms with Gasteiger partial charge in [-0.2, -0.15) is 0 Å². The SMILES string of the molecule is COC(=O)Cc1ccccc1Cn1cccc(Br)c1=O. The van der Waals surface area contributed by atoms with Crippen LogP contribution in [0.4, 0.5) is 0 Å². The van der Waals surface area contributed by atoms with E-state index in [2.05, 4.69) is 20.7 Å². The minimum atomic E-state index is -0.293. The second-order valence-electron chi connectivity index (χ2n) is 4.31. The first-order valence-electron chi connectivity index (χ1n) is 6.10. The van der Waals surface area contributed by atoms with Crippen LogP contribution in [-0.2, 0) is 22.5 Å². The predicted molar refractivity (Wildman–Crippen MR) is 79.7 cm³/mol. The summed E-state index contributed by atoms with van der Waals surface area (Å²) in [5.74, 6) is -0.293. The van der Waals surface area contributed by atoms with Crippen LogP contribution in [0.2, 0.25) is 0 Å². The van der Waals surface area contributed by atoms with Crippen LogP contribution >= 0.6 is 15.9 Å². The Kier molecular flexibility index (Phi) is 4.74. The molecule has 1 heterocycles. The molecule has 4 nitrogen and oxygen atoms in total. The summed E-state index contributed by atoms with van der Waals surface area (Å²) >= 11 is 3.22. The molecule has 0 N–H and O–H groups in total. The quantitative estimate of drug-likeness (QED) is 0.806. The fourth-order valence-electron chi connectivity index (χ4n) is 1.93. The van der Waals surface area contributed by atoms with Crippen molar-refractivity contribution in [3.05, 3.63) is 68.5 Å². The van der Waals surface area contributed by atoms with Gasteiger partial charge in [0.1, 0.15) is 0 Å². The lowest BCUT2D eigenvalue weighted by molar-refractivity contribution is -0.139. The molecule has 5 heteroatoms. The van der Waals surface area contributed by atoms with E-state index < -0.39 is 0 Å². The number of nitrogens with zero attached hydrogens (tertiary/aromatic N) is 1. The lowest BCUT2D eigenvalue weighted by Crippen LogP contribution is -2.21. The first-order chi connectivity index (χ1) is 9.61. The highest BCUT2D eigenvalue weighted by Crippen LogP contribution is 2.12. The number of aromatic nitrogens is 1. The van der Waals surface area contributed by atoms with Crippen molar-refractivity contribution in [2.45, 2.75) is 13.0 Å². The van der Waals surface area contributed by atoms with E-state index in [1.54, 1.807) is 22.9 Å². The number of hydrogen-bond donors (Lipinski definition) is 0. The molecule has 0 unspecified atom stereocenters. The van der Waals surface area contributed by atoms with Crippen molar-refractivity contribution < 1.29 is 9.53 Å². The number of benzene rings is 1. The van der Waals surface area contributed by atoms with Crippen LogP contribution < -0.4 is 5.56 Å². The third-order valence-electron chi connectivity index (χ3n) is 3.00. The predicted octanol–water partition coefficient (Wildman–Crippen LogP) is 2.37. The molecule has 0 saturated carbocycles. The number of methoxy groups -OCH3 is 1. The molecule has 1 aromatic heterocycles. The van der Waals surface area contributed by atoms with Gasteiger partial charge in [0.05, 0.1) is 24.5 Å². The van der Waals surface area contributed by atoms with Gasteiger partial charge in [0.25, 0.3) is 5.56 Å². The molecular weight excluding hydrogens is 322 g/mol. The molecule has 0 aliphatic rings. The Labute approximate surface area is 125 Å². The fraction of sp³-hybridized carbons (Fsp3) is 0.200. The first kappa shape index (κ1) is 14.5. The van der Waals surface area contributed by atoms with E-state index in [-0.39, 0.29) is 17.9 Å². The largest absolute Gasteiger partial charge is 0.469 e. The van der Waals surface area contributed by atoms with Gasteiger partial charge < -0.3 is 9.30 Å². The average molecular weight is 336 g/mol. The van der Waals surface area contributed by atoms with Gasteiger partial charge in [-0.25, -0.2) is 0 Å². The highest BCUT2D eigenvalue weighted by Gasteiger charge is 2.09. The highest BCUT2D eigenvalue weighted by molar-refractivity contribution is 9.10. The van der Waals surface area contributed by atoms with Crippen LogP contribution in [0.5, 0.6) is 0 Å². The molecule has 0 saturated heterocycles. The van der Waals surface area contributed by atoms with Crippen molar-refractivity contribution in [2.75, 3.05) is 7.11 Å². The molecule has 0 radical (unpaired) electrons. The minimum Gasteiger partial charge on any atom is -0.469 e. The Bertz CT molecular complexity index is 679. The topological polar surface area (TPSA) is 48.3 Å². The van der Waals surface area contributed by atoms with Crippen molar-refractivity contribution in [1.29, 1.82) is 0 Å². The normalized spacial score (nSPS) is 10.3. The van der Waals surface area contributed by atoms with Crippen LogP contribution in [0, 0.1) is 0 Å². The standard InChI is InChI=1S/C15H14BrNO3/c1-20-14(18)9-11-5-2-3-6-12(11)10-17-8-4-7-13(16)15(17)19/h2-8H,9-10H2,1H3. The monoisotopic (exact) mass is 335 g/mol. The smallest absolute Gasteiger partial charge is 0.309 e. The van der Waals surface area contributed by atoms with Gasteiger partial charge in [-0.05, 0) is 39.2 Å². The van der Waals surface area contributed by atoms with E-state index in [4.69, 9.17) is 0 Å². The second-order valence-corrected chi connectivity index (χ2v) is 5.17. The number of carbonyl (C=O) groups is 1. The Balaban J connectivity index is 2.32. The minimum absolute atomic E-state index is 0.0969. The Morgan fingerprint density at radius 2 is 1.90 bits per heavy atom. The lowest BCUT2D eigenvalue weighted by atomic mass is 10.0. The van der Waals surface area contributed by atoms with Gasteiger partial charge in [0.2, 0.25) is 0 Å². The number of hydrogen-bond acceptors (Lipinski definition) is 3. The maximum Gasteiger partial charge on any atom is 0.309 e. The van der Waals surface area contributed by atoms with Gasteiger partial charge >= 0.3 is 5.97 Å². The van der Waals surface area contributed by atoms with E-state index in [1.165, 1.54) is 7.11 Å². The summed E-state index contributed by atoms with van der Waals surface area (Å²) in [5.41, 5.74) is 1.70. The molecule has 20 heavy (non-hydrogen) atoms. The number of pyridine rings is 1. The van der Waals surface area contributed by atoms with Crippen LogP contribution in [0.15, 0.2) is 51.9 Å². The van der Waals surface area contributed by atoms with Gasteiger partial charge in [-0.3, -0.25) is 9.59 Å². The van der Waals surface area contributed by atoms with Crippen molar-refractivity contribution in [1.82, 2.24) is 4.57 Å². The molecule has 0 aliphatic heterocycles. The van der Waals surface area contributed by atoms with E-state index in [0.717, 1.165) is 11.1 Å². The maximum atomic E-state index is 12.0. The molecule has 0 spiro atoms. The second kappa shape index (κ2) is 6.52. The molecule has 0 bridgehead atoms. The molecule has 0 aliphatic carbocycles. The van der Waals surface area contributed by atoms with Crippen LogP contribution in [-0.4, -0.2) is 17.6 Å². The zero-order valence-corrected chi connectivity index (χ0v) is 12.6. The zero-order chi connectivity index (χ0) is 14.5. The highest BCUT2D eigenvalue weighted by atomic mass is 79.9. The molecule has 0 amide bonds. The number of ether oxygens (including phenoxy) is 1. The molecule has 0 fully saturated rings. The van der Waals surface area contributed by atoms with Crippen molar-refractivity contribution in [3.63, 3.8) is 0 Å². The Morgan fingerprint density at radius 1 is 1.20 bits per heavy atom. The Hall–Kier alpha value is -1.88. The molecular formula is C15H14BrNO3. The van der Waals surface area contributed by atoms with Gasteiger partial charge in [0.15, 0.2) is 0 Å². The fourth-order valence-corrected chi connectivity index (χ4v) is 2.31. The van der Waals surface area contributed by atoms with Gasteiger partial charge in [-0.1, -0.05) is 24.3 Å². The lowest BCUT2D eigenvalue weighted by Gasteiger charge is -2.10. The van der Waals surface area contributed by atoms with Crippen molar-refractivity contribution in [3.8, 4) is 0 Å².